The van der Waals surface area contributed by atoms with Crippen molar-refractivity contribution in [3.63, 3.8) is 0 Å². The van der Waals surface area contributed by atoms with Gasteiger partial charge < -0.3 is 14.6 Å². The molecular weight excluding hydrogens is 449 g/mol. The molecule has 0 radical (unpaired) electrons. The molecule has 1 N–H and O–H groups in total. The second kappa shape index (κ2) is 8.74. The van der Waals surface area contributed by atoms with E-state index in [1.54, 1.807) is 0 Å². The number of amides is 1. The molecule has 0 atom stereocenters. The highest BCUT2D eigenvalue weighted by atomic mass is 32.2. The summed E-state index contributed by atoms with van der Waals surface area (Å²) in [5.41, 5.74) is -0.798. The third kappa shape index (κ3) is 4.75. The van der Waals surface area contributed by atoms with Gasteiger partial charge in [0.25, 0.3) is 15.9 Å². The summed E-state index contributed by atoms with van der Waals surface area (Å²) in [4.78, 5) is 18.3. The standard InChI is InChI=1S/C20H23F3N4O4S/c21-20(22,23)14-3-5-17(24-13-14)26-11-7-15(8-12-26)25-19(28)16-4-6-18(31-16)32(29,30)27-9-1-2-10-27/h3-6,13,15H,1-2,7-12H2,(H,25,28). The van der Waals surface area contributed by atoms with Crippen LogP contribution in [0.1, 0.15) is 41.8 Å². The van der Waals surface area contributed by atoms with Gasteiger partial charge >= 0.3 is 6.18 Å². The lowest BCUT2D eigenvalue weighted by Crippen LogP contribution is -2.44. The van der Waals surface area contributed by atoms with E-state index in [0.717, 1.165) is 25.1 Å². The lowest BCUT2D eigenvalue weighted by Gasteiger charge is -2.33. The molecule has 1 amide bonds. The number of furan rings is 1. The summed E-state index contributed by atoms with van der Waals surface area (Å²) in [6, 6.07) is 4.81. The first-order chi connectivity index (χ1) is 15.1. The summed E-state index contributed by atoms with van der Waals surface area (Å²) in [5, 5.41) is 2.59. The highest BCUT2D eigenvalue weighted by molar-refractivity contribution is 7.89. The lowest BCUT2D eigenvalue weighted by atomic mass is 10.0. The second-order valence-electron chi connectivity index (χ2n) is 7.87. The Labute approximate surface area is 183 Å². The van der Waals surface area contributed by atoms with E-state index in [1.165, 1.54) is 22.5 Å². The molecule has 2 aromatic rings. The average Bonchev–Trinajstić information content (AvgIpc) is 3.47. The van der Waals surface area contributed by atoms with E-state index in [2.05, 4.69) is 10.3 Å². The molecular formula is C20H23F3N4O4S. The summed E-state index contributed by atoms with van der Waals surface area (Å²) < 4.78 is 69.8. The molecule has 4 heterocycles. The van der Waals surface area contributed by atoms with Crippen LogP contribution >= 0.6 is 0 Å². The topological polar surface area (TPSA) is 95.8 Å². The van der Waals surface area contributed by atoms with E-state index in [0.29, 0.717) is 44.8 Å². The minimum Gasteiger partial charge on any atom is -0.438 e. The maximum Gasteiger partial charge on any atom is 0.417 e. The molecule has 32 heavy (non-hydrogen) atoms. The average molecular weight is 472 g/mol. The number of alkyl halides is 3. The zero-order valence-corrected chi connectivity index (χ0v) is 18.0. The van der Waals surface area contributed by atoms with Gasteiger partial charge in [-0.15, -0.1) is 0 Å². The molecule has 0 saturated carbocycles. The molecule has 174 valence electrons. The number of rotatable bonds is 5. The fourth-order valence-electron chi connectivity index (χ4n) is 3.89. The molecule has 0 aliphatic carbocycles. The Morgan fingerprint density at radius 1 is 1.06 bits per heavy atom. The van der Waals surface area contributed by atoms with Crippen LogP contribution in [0.15, 0.2) is 40.0 Å². The first-order valence-electron chi connectivity index (χ1n) is 10.3. The number of hydrogen-bond donors (Lipinski definition) is 1. The molecule has 2 aliphatic heterocycles. The second-order valence-corrected chi connectivity index (χ2v) is 9.74. The van der Waals surface area contributed by atoms with E-state index in [1.807, 2.05) is 4.90 Å². The molecule has 2 saturated heterocycles. The van der Waals surface area contributed by atoms with Gasteiger partial charge in [0.15, 0.2) is 5.76 Å². The predicted octanol–water partition coefficient (Wildman–Crippen LogP) is 2.88. The first kappa shape index (κ1) is 22.6. The Bertz CT molecular complexity index is 1060. The van der Waals surface area contributed by atoms with Gasteiger partial charge in [-0.2, -0.15) is 17.5 Å². The normalized spacial score (nSPS) is 18.8. The van der Waals surface area contributed by atoms with Gasteiger partial charge in [-0.3, -0.25) is 4.79 Å². The summed E-state index contributed by atoms with van der Waals surface area (Å²) in [5.74, 6) is -0.126. The maximum atomic E-state index is 12.7. The highest BCUT2D eigenvalue weighted by Gasteiger charge is 2.32. The molecule has 0 unspecified atom stereocenters. The van der Waals surface area contributed by atoms with Crippen molar-refractivity contribution in [1.29, 1.82) is 0 Å². The van der Waals surface area contributed by atoms with Crippen LogP contribution in [0.2, 0.25) is 0 Å². The van der Waals surface area contributed by atoms with Crippen molar-refractivity contribution in [2.45, 2.75) is 43.0 Å². The fourth-order valence-corrected chi connectivity index (χ4v) is 5.32. The molecule has 12 heteroatoms. The number of sulfonamides is 1. The van der Waals surface area contributed by atoms with E-state index >= 15 is 0 Å². The van der Waals surface area contributed by atoms with Crippen molar-refractivity contribution in [3.05, 3.63) is 41.8 Å². The number of pyridine rings is 1. The Morgan fingerprint density at radius 2 is 1.75 bits per heavy atom. The zero-order chi connectivity index (χ0) is 22.9. The summed E-state index contributed by atoms with van der Waals surface area (Å²) in [6.07, 6.45) is -0.889. The highest BCUT2D eigenvalue weighted by Crippen LogP contribution is 2.30. The minimum atomic E-state index is -4.43. The number of nitrogens with zero attached hydrogens (tertiary/aromatic N) is 3. The van der Waals surface area contributed by atoms with Crippen molar-refractivity contribution in [3.8, 4) is 0 Å². The lowest BCUT2D eigenvalue weighted by molar-refractivity contribution is -0.137. The van der Waals surface area contributed by atoms with Gasteiger partial charge in [-0.05, 0) is 49.9 Å². The van der Waals surface area contributed by atoms with E-state index in [9.17, 15) is 26.4 Å². The van der Waals surface area contributed by atoms with Crippen molar-refractivity contribution < 1.29 is 30.8 Å². The molecule has 8 nitrogen and oxygen atoms in total. The van der Waals surface area contributed by atoms with Crippen LogP contribution in [-0.2, 0) is 16.2 Å². The van der Waals surface area contributed by atoms with Gasteiger partial charge in [0, 0.05) is 38.4 Å². The molecule has 0 aromatic carbocycles. The summed E-state index contributed by atoms with van der Waals surface area (Å²) in [6.45, 7) is 1.90. The van der Waals surface area contributed by atoms with E-state index in [4.69, 9.17) is 4.42 Å². The van der Waals surface area contributed by atoms with Crippen molar-refractivity contribution in [1.82, 2.24) is 14.6 Å². The summed E-state index contributed by atoms with van der Waals surface area (Å²) in [7, 11) is -3.73. The number of aromatic nitrogens is 1. The zero-order valence-electron chi connectivity index (χ0n) is 17.1. The molecule has 0 spiro atoms. The number of nitrogens with one attached hydrogen (secondary N) is 1. The van der Waals surface area contributed by atoms with E-state index in [-0.39, 0.29) is 16.9 Å². The third-order valence-corrected chi connectivity index (χ3v) is 7.47. The van der Waals surface area contributed by atoms with Crippen LogP contribution < -0.4 is 10.2 Å². The van der Waals surface area contributed by atoms with Crippen molar-refractivity contribution in [2.75, 3.05) is 31.1 Å². The summed E-state index contributed by atoms with van der Waals surface area (Å²) >= 11 is 0. The Hall–Kier alpha value is -2.60. The number of halogens is 3. The number of hydrogen-bond acceptors (Lipinski definition) is 6. The van der Waals surface area contributed by atoms with Crippen LogP contribution in [0, 0.1) is 0 Å². The number of carbonyl (C=O) groups excluding carboxylic acids is 1. The van der Waals surface area contributed by atoms with Crippen LogP contribution in [-0.4, -0.2) is 55.8 Å². The number of piperidine rings is 1. The Balaban J connectivity index is 1.32. The van der Waals surface area contributed by atoms with Crippen molar-refractivity contribution in [2.24, 2.45) is 0 Å². The Morgan fingerprint density at radius 3 is 2.34 bits per heavy atom. The molecule has 2 aliphatic rings. The van der Waals surface area contributed by atoms with Gasteiger partial charge in [0.05, 0.1) is 5.56 Å². The predicted molar refractivity (Wildman–Crippen MR) is 109 cm³/mol. The number of carbonyl (C=O) groups is 1. The molecule has 0 bridgehead atoms. The van der Waals surface area contributed by atoms with Gasteiger partial charge in [-0.25, -0.2) is 13.4 Å². The fraction of sp³-hybridized carbons (Fsp3) is 0.500. The maximum absolute atomic E-state index is 12.7. The van der Waals surface area contributed by atoms with Gasteiger partial charge in [-0.1, -0.05) is 0 Å². The molecule has 2 aromatic heterocycles. The SMILES string of the molecule is O=C(NC1CCN(c2ccc(C(F)(F)F)cn2)CC1)c1ccc(S(=O)(=O)N2CCCC2)o1. The quantitative estimate of drug-likeness (QED) is 0.719. The van der Waals surface area contributed by atoms with Crippen LogP contribution in [0.25, 0.3) is 0 Å². The first-order valence-corrected chi connectivity index (χ1v) is 11.8. The van der Waals surface area contributed by atoms with Crippen LogP contribution in [0.4, 0.5) is 19.0 Å². The molecule has 2 fully saturated rings. The van der Waals surface area contributed by atoms with Gasteiger partial charge in [0.1, 0.15) is 5.82 Å². The largest absolute Gasteiger partial charge is 0.438 e. The monoisotopic (exact) mass is 472 g/mol. The third-order valence-electron chi connectivity index (χ3n) is 5.69. The van der Waals surface area contributed by atoms with Gasteiger partial charge in [0.2, 0.25) is 5.09 Å². The van der Waals surface area contributed by atoms with Crippen LogP contribution in [0.3, 0.4) is 0 Å². The van der Waals surface area contributed by atoms with Crippen molar-refractivity contribution >= 4 is 21.7 Å². The van der Waals surface area contributed by atoms with E-state index < -0.39 is 27.7 Å². The smallest absolute Gasteiger partial charge is 0.417 e. The minimum absolute atomic E-state index is 0.0744. The number of anilines is 1. The Kier molecular flexibility index (Phi) is 6.17. The molecule has 4 rings (SSSR count). The van der Waals surface area contributed by atoms with Crippen LogP contribution in [0.5, 0.6) is 0 Å².